The van der Waals surface area contributed by atoms with E-state index in [1.165, 1.54) is 0 Å². The number of aliphatic imine (C=N–C) groups is 1. The Bertz CT molecular complexity index is 717. The molecule has 0 atom stereocenters. The van der Waals surface area contributed by atoms with Gasteiger partial charge in [-0.15, -0.1) is 24.0 Å². The van der Waals surface area contributed by atoms with Crippen molar-refractivity contribution in [3.8, 4) is 0 Å². The minimum Gasteiger partial charge on any atom is -0.355 e. The quantitative estimate of drug-likeness (QED) is 0.299. The van der Waals surface area contributed by atoms with Crippen molar-refractivity contribution in [1.82, 2.24) is 19.8 Å². The molecule has 0 unspecified atom stereocenters. The highest BCUT2D eigenvalue weighted by Crippen LogP contribution is 2.39. The molecule has 176 valence electrons. The van der Waals surface area contributed by atoms with Crippen molar-refractivity contribution in [1.29, 1.82) is 0 Å². The van der Waals surface area contributed by atoms with E-state index in [2.05, 4.69) is 15.6 Å². The van der Waals surface area contributed by atoms with Crippen molar-refractivity contribution in [2.45, 2.75) is 50.1 Å². The molecule has 0 aromatic rings. The topological polar surface area (TPSA) is 94.1 Å². The molecule has 1 heterocycles. The van der Waals surface area contributed by atoms with E-state index >= 15 is 0 Å². The molecule has 1 saturated heterocycles. The number of hydrogen-bond donors (Lipinski definition) is 2. The number of alkyl halides is 3. The van der Waals surface area contributed by atoms with Crippen molar-refractivity contribution in [2.75, 3.05) is 40.8 Å². The first-order chi connectivity index (χ1) is 13.4. The van der Waals surface area contributed by atoms with Gasteiger partial charge in [0.25, 0.3) is 0 Å². The molecular formula is C17H31F3IN5O3S. The number of guanidine groups is 1. The third-order valence-electron chi connectivity index (χ3n) is 5.67. The van der Waals surface area contributed by atoms with Crippen molar-refractivity contribution in [2.24, 2.45) is 10.4 Å². The molecule has 1 saturated carbocycles. The fraction of sp³-hybridized carbons (Fsp3) is 0.882. The zero-order chi connectivity index (χ0) is 21.9. The SMILES string of the molecule is CN=C(NCC1(C(=O)N(C)C)CCCC1)NC1CCN(S(=O)(=O)C(F)(F)F)CC1.I. The van der Waals surface area contributed by atoms with Gasteiger partial charge in [-0.1, -0.05) is 12.8 Å². The van der Waals surface area contributed by atoms with Crippen LogP contribution in [0.5, 0.6) is 0 Å². The minimum absolute atomic E-state index is 0. The smallest absolute Gasteiger partial charge is 0.355 e. The lowest BCUT2D eigenvalue weighted by molar-refractivity contribution is -0.138. The Morgan fingerprint density at radius 1 is 1.20 bits per heavy atom. The van der Waals surface area contributed by atoms with Gasteiger partial charge in [0.2, 0.25) is 5.91 Å². The molecule has 0 radical (unpaired) electrons. The lowest BCUT2D eigenvalue weighted by Gasteiger charge is -2.34. The van der Waals surface area contributed by atoms with Crippen LogP contribution in [0.25, 0.3) is 0 Å². The molecule has 30 heavy (non-hydrogen) atoms. The van der Waals surface area contributed by atoms with Gasteiger partial charge in [0.05, 0.1) is 5.41 Å². The molecule has 2 rings (SSSR count). The number of sulfonamides is 1. The van der Waals surface area contributed by atoms with Crippen molar-refractivity contribution in [3.05, 3.63) is 0 Å². The maximum absolute atomic E-state index is 12.7. The van der Waals surface area contributed by atoms with Gasteiger partial charge in [-0.2, -0.15) is 17.5 Å². The first kappa shape index (κ1) is 27.2. The Kier molecular flexibility index (Phi) is 9.67. The highest BCUT2D eigenvalue weighted by molar-refractivity contribution is 14.0. The Labute approximate surface area is 193 Å². The third kappa shape index (κ3) is 6.11. The van der Waals surface area contributed by atoms with Crippen LogP contribution in [0, 0.1) is 5.41 Å². The Morgan fingerprint density at radius 2 is 1.73 bits per heavy atom. The van der Waals surface area contributed by atoms with Gasteiger partial charge in [0.1, 0.15) is 0 Å². The van der Waals surface area contributed by atoms with Crippen LogP contribution in [0.3, 0.4) is 0 Å². The lowest BCUT2D eigenvalue weighted by atomic mass is 9.84. The summed E-state index contributed by atoms with van der Waals surface area (Å²) in [6.45, 7) is 0.00407. The van der Waals surface area contributed by atoms with Gasteiger partial charge in [-0.3, -0.25) is 9.79 Å². The van der Waals surface area contributed by atoms with Crippen LogP contribution in [0.2, 0.25) is 0 Å². The number of carbonyl (C=O) groups is 1. The van der Waals surface area contributed by atoms with E-state index in [0.29, 0.717) is 16.8 Å². The summed E-state index contributed by atoms with van der Waals surface area (Å²) in [5, 5.41) is 6.32. The molecular weight excluding hydrogens is 538 g/mol. The fourth-order valence-corrected chi connectivity index (χ4v) is 5.00. The van der Waals surface area contributed by atoms with Gasteiger partial charge in [-0.05, 0) is 25.7 Å². The predicted molar refractivity (Wildman–Crippen MR) is 119 cm³/mol. The van der Waals surface area contributed by atoms with E-state index in [4.69, 9.17) is 0 Å². The molecule has 0 bridgehead atoms. The summed E-state index contributed by atoms with van der Waals surface area (Å²) in [4.78, 5) is 18.4. The average molecular weight is 569 g/mol. The van der Waals surface area contributed by atoms with Gasteiger partial charge < -0.3 is 15.5 Å². The normalized spacial score (nSPS) is 21.1. The van der Waals surface area contributed by atoms with Crippen LogP contribution in [-0.4, -0.2) is 81.8 Å². The Morgan fingerprint density at radius 3 is 2.17 bits per heavy atom. The molecule has 8 nitrogen and oxygen atoms in total. The number of halogens is 4. The molecule has 2 aliphatic rings. The summed E-state index contributed by atoms with van der Waals surface area (Å²) >= 11 is 0. The Balaban J connectivity index is 0.00000450. The van der Waals surface area contributed by atoms with Crippen LogP contribution in [-0.2, 0) is 14.8 Å². The van der Waals surface area contributed by atoms with Crippen LogP contribution < -0.4 is 10.6 Å². The van der Waals surface area contributed by atoms with Crippen LogP contribution in [0.1, 0.15) is 38.5 Å². The summed E-state index contributed by atoms with van der Waals surface area (Å²) in [5.74, 6) is 0.531. The van der Waals surface area contributed by atoms with E-state index in [1.54, 1.807) is 26.0 Å². The summed E-state index contributed by atoms with van der Waals surface area (Å²) in [5.41, 5.74) is -5.76. The minimum atomic E-state index is -5.29. The number of nitrogens with one attached hydrogen (secondary N) is 2. The Hall–Kier alpha value is -0.830. The van der Waals surface area contributed by atoms with Crippen molar-refractivity contribution in [3.63, 3.8) is 0 Å². The van der Waals surface area contributed by atoms with Crippen LogP contribution >= 0.6 is 24.0 Å². The number of amides is 1. The van der Waals surface area contributed by atoms with E-state index < -0.39 is 20.9 Å². The van der Waals surface area contributed by atoms with E-state index in [1.807, 2.05) is 0 Å². The third-order valence-corrected chi connectivity index (χ3v) is 7.30. The van der Waals surface area contributed by atoms with Crippen molar-refractivity contribution < 1.29 is 26.4 Å². The van der Waals surface area contributed by atoms with Crippen LogP contribution in [0.15, 0.2) is 4.99 Å². The molecule has 1 aliphatic heterocycles. The zero-order valence-electron chi connectivity index (χ0n) is 17.5. The highest BCUT2D eigenvalue weighted by atomic mass is 127. The summed E-state index contributed by atoms with van der Waals surface area (Å²) in [6.07, 6.45) is 4.03. The van der Waals surface area contributed by atoms with Crippen molar-refractivity contribution >= 4 is 45.9 Å². The van der Waals surface area contributed by atoms with Gasteiger partial charge >= 0.3 is 15.5 Å². The first-order valence-corrected chi connectivity index (χ1v) is 11.1. The van der Waals surface area contributed by atoms with Gasteiger partial charge in [-0.25, -0.2) is 8.42 Å². The standard InChI is InChI=1S/C17H30F3N5O3S.HI/c1-21-15(22-12-16(8-4-5-9-16)14(26)24(2)3)23-13-6-10-25(11-7-13)29(27,28)17(18,19)20;/h13H,4-12H2,1-3H3,(H2,21,22,23);1H. The number of rotatable bonds is 5. The highest BCUT2D eigenvalue weighted by Gasteiger charge is 2.50. The van der Waals surface area contributed by atoms with E-state index in [0.717, 1.165) is 25.7 Å². The monoisotopic (exact) mass is 569 g/mol. The maximum Gasteiger partial charge on any atom is 0.511 e. The second kappa shape index (κ2) is 10.7. The average Bonchev–Trinajstić information content (AvgIpc) is 3.14. The number of nitrogens with zero attached hydrogens (tertiary/aromatic N) is 3. The molecule has 1 amide bonds. The van der Waals surface area contributed by atoms with E-state index in [-0.39, 0.29) is 61.9 Å². The molecule has 2 N–H and O–H groups in total. The number of piperidine rings is 1. The molecule has 13 heteroatoms. The predicted octanol–water partition coefficient (Wildman–Crippen LogP) is 1.73. The molecule has 1 aliphatic carbocycles. The second-order valence-electron chi connectivity index (χ2n) is 7.88. The maximum atomic E-state index is 12.7. The summed E-state index contributed by atoms with van der Waals surface area (Å²) in [7, 11) is -0.241. The zero-order valence-corrected chi connectivity index (χ0v) is 20.6. The summed E-state index contributed by atoms with van der Waals surface area (Å²) < 4.78 is 61.5. The molecule has 0 spiro atoms. The van der Waals surface area contributed by atoms with Gasteiger partial charge in [0, 0.05) is 46.8 Å². The second-order valence-corrected chi connectivity index (χ2v) is 9.81. The number of carbonyl (C=O) groups excluding carboxylic acids is 1. The largest absolute Gasteiger partial charge is 0.511 e. The fourth-order valence-electron chi connectivity index (χ4n) is 4.02. The number of hydrogen-bond acceptors (Lipinski definition) is 4. The summed E-state index contributed by atoms with van der Waals surface area (Å²) in [6, 6.07) is -0.204. The van der Waals surface area contributed by atoms with Gasteiger partial charge in [0.15, 0.2) is 5.96 Å². The molecule has 0 aromatic carbocycles. The lowest BCUT2D eigenvalue weighted by Crippen LogP contribution is -2.53. The van der Waals surface area contributed by atoms with E-state index in [9.17, 15) is 26.4 Å². The van der Waals surface area contributed by atoms with Crippen LogP contribution in [0.4, 0.5) is 13.2 Å². The molecule has 2 fully saturated rings. The molecule has 0 aromatic heterocycles. The first-order valence-electron chi connectivity index (χ1n) is 9.68.